The fraction of sp³-hybridized carbons (Fsp3) is 0.423. The quantitative estimate of drug-likeness (QED) is 0.243. The van der Waals surface area contributed by atoms with Crippen molar-refractivity contribution in [2.45, 2.75) is 59.6 Å². The Morgan fingerprint density at radius 1 is 1.17 bits per heavy atom. The van der Waals surface area contributed by atoms with Gasteiger partial charge in [0.1, 0.15) is 11.5 Å². The lowest BCUT2D eigenvalue weighted by molar-refractivity contribution is -0.0271. The Labute approximate surface area is 182 Å². The normalized spacial score (nSPS) is 13.5. The molecule has 0 aromatic heterocycles. The molecule has 0 spiro atoms. The van der Waals surface area contributed by atoms with E-state index in [2.05, 4.69) is 68.4 Å². The lowest BCUT2D eigenvalue weighted by Gasteiger charge is -2.29. The van der Waals surface area contributed by atoms with Gasteiger partial charge in [-0.2, -0.15) is 0 Å². The number of ether oxygens (including phenoxy) is 2. The highest BCUT2D eigenvalue weighted by Gasteiger charge is 2.26. The van der Waals surface area contributed by atoms with Crippen LogP contribution in [0.3, 0.4) is 0 Å². The highest BCUT2D eigenvalue weighted by Crippen LogP contribution is 2.35. The van der Waals surface area contributed by atoms with Crippen molar-refractivity contribution in [3.8, 4) is 11.5 Å². The molecule has 30 heavy (non-hydrogen) atoms. The van der Waals surface area contributed by atoms with Crippen molar-refractivity contribution in [1.29, 1.82) is 0 Å². The van der Waals surface area contributed by atoms with Gasteiger partial charge in [-0.15, -0.1) is 6.58 Å². The molecule has 2 rings (SSSR count). The second-order valence-electron chi connectivity index (χ2n) is 8.19. The molecule has 0 aliphatic heterocycles. The fourth-order valence-corrected chi connectivity index (χ4v) is 3.18. The predicted molar refractivity (Wildman–Crippen MR) is 127 cm³/mol. The van der Waals surface area contributed by atoms with Gasteiger partial charge in [0.25, 0.3) is 0 Å². The summed E-state index contributed by atoms with van der Waals surface area (Å²) < 4.78 is 12.3. The molecular formula is C26H36N2O2. The largest absolute Gasteiger partial charge is 0.457 e. The maximum absolute atomic E-state index is 6.26. The molecule has 1 atom stereocenters. The number of aliphatic imine (C=N–C) groups is 1. The Balaban J connectivity index is 2.28. The number of nitrogens with zero attached hydrogens (tertiary/aromatic N) is 2. The van der Waals surface area contributed by atoms with Crippen LogP contribution in [0, 0.1) is 13.8 Å². The van der Waals surface area contributed by atoms with Gasteiger partial charge in [-0.3, -0.25) is 0 Å². The minimum absolute atomic E-state index is 0.411. The van der Waals surface area contributed by atoms with Gasteiger partial charge in [0.05, 0.1) is 17.6 Å². The van der Waals surface area contributed by atoms with Crippen LogP contribution in [0.5, 0.6) is 11.5 Å². The van der Waals surface area contributed by atoms with Gasteiger partial charge < -0.3 is 14.4 Å². The van der Waals surface area contributed by atoms with Crippen molar-refractivity contribution in [3.05, 3.63) is 65.7 Å². The first-order valence-corrected chi connectivity index (χ1v) is 10.6. The summed E-state index contributed by atoms with van der Waals surface area (Å²) >= 11 is 0. The minimum Gasteiger partial charge on any atom is -0.457 e. The summed E-state index contributed by atoms with van der Waals surface area (Å²) in [5.41, 5.74) is 3.74. The van der Waals surface area contributed by atoms with Gasteiger partial charge in [0.2, 0.25) is 0 Å². The Kier molecular flexibility index (Phi) is 8.24. The molecule has 0 aliphatic rings. The van der Waals surface area contributed by atoms with E-state index in [9.17, 15) is 0 Å². The Morgan fingerprint density at radius 2 is 1.90 bits per heavy atom. The zero-order chi connectivity index (χ0) is 22.3. The molecule has 2 aromatic carbocycles. The average molecular weight is 409 g/mol. The molecule has 1 unspecified atom stereocenters. The lowest BCUT2D eigenvalue weighted by Crippen LogP contribution is -2.25. The van der Waals surface area contributed by atoms with Gasteiger partial charge in [0.15, 0.2) is 0 Å². The summed E-state index contributed by atoms with van der Waals surface area (Å²) in [5.74, 6) is 1.63. The highest BCUT2D eigenvalue weighted by molar-refractivity contribution is 5.65. The van der Waals surface area contributed by atoms with Crippen LogP contribution in [0.15, 0.2) is 54.0 Å². The van der Waals surface area contributed by atoms with E-state index in [1.165, 1.54) is 0 Å². The third kappa shape index (κ3) is 5.96. The van der Waals surface area contributed by atoms with Crippen LogP contribution in [0.2, 0.25) is 0 Å². The average Bonchev–Trinajstić information content (AvgIpc) is 2.69. The van der Waals surface area contributed by atoms with Crippen LogP contribution < -0.4 is 4.74 Å². The zero-order valence-corrected chi connectivity index (χ0v) is 19.5. The molecule has 0 saturated heterocycles. The third-order valence-corrected chi connectivity index (χ3v) is 5.36. The molecule has 0 fully saturated rings. The fourth-order valence-electron chi connectivity index (χ4n) is 3.18. The summed E-state index contributed by atoms with van der Waals surface area (Å²) in [4.78, 5) is 6.73. The van der Waals surface area contributed by atoms with Gasteiger partial charge in [-0.05, 0) is 88.9 Å². The van der Waals surface area contributed by atoms with Crippen molar-refractivity contribution in [3.63, 3.8) is 0 Å². The summed E-state index contributed by atoms with van der Waals surface area (Å²) in [7, 11) is 2.03. The maximum Gasteiger partial charge on any atom is 0.130 e. The van der Waals surface area contributed by atoms with Crippen molar-refractivity contribution in [2.75, 3.05) is 13.7 Å². The monoisotopic (exact) mass is 408 g/mol. The van der Waals surface area contributed by atoms with Crippen LogP contribution in [-0.4, -0.2) is 30.9 Å². The first-order chi connectivity index (χ1) is 14.2. The van der Waals surface area contributed by atoms with Crippen molar-refractivity contribution in [1.82, 2.24) is 4.90 Å². The molecule has 0 heterocycles. The van der Waals surface area contributed by atoms with E-state index in [1.807, 2.05) is 45.4 Å². The van der Waals surface area contributed by atoms with E-state index < -0.39 is 5.60 Å². The third-order valence-electron chi connectivity index (χ3n) is 5.36. The molecule has 0 amide bonds. The number of benzene rings is 2. The first kappa shape index (κ1) is 23.7. The van der Waals surface area contributed by atoms with E-state index in [-0.39, 0.29) is 0 Å². The number of rotatable bonds is 10. The molecular weight excluding hydrogens is 372 g/mol. The van der Waals surface area contributed by atoms with Gasteiger partial charge in [-0.1, -0.05) is 18.2 Å². The number of hydrogen-bond acceptors (Lipinski definition) is 3. The van der Waals surface area contributed by atoms with Crippen molar-refractivity contribution in [2.24, 2.45) is 4.99 Å². The summed E-state index contributed by atoms with van der Waals surface area (Å²) in [6, 6.07) is 12.6. The maximum atomic E-state index is 6.26. The van der Waals surface area contributed by atoms with E-state index in [0.717, 1.165) is 40.3 Å². The predicted octanol–water partition coefficient (Wildman–Crippen LogP) is 6.92. The van der Waals surface area contributed by atoms with Gasteiger partial charge >= 0.3 is 0 Å². The molecule has 162 valence electrons. The summed E-state index contributed by atoms with van der Waals surface area (Å²) in [6.07, 6.45) is 4.51. The van der Waals surface area contributed by atoms with Crippen molar-refractivity contribution >= 4 is 12.0 Å². The SMILES string of the molecule is C=CCC(C)(OCC)c1cccc(Oc2cc(C)c(N=CN(C)C(C)C)cc2C)c1. The molecule has 0 saturated carbocycles. The Hall–Kier alpha value is -2.59. The smallest absolute Gasteiger partial charge is 0.130 e. The van der Waals surface area contributed by atoms with Crippen LogP contribution in [0.1, 0.15) is 50.8 Å². The lowest BCUT2D eigenvalue weighted by atomic mass is 9.92. The minimum atomic E-state index is -0.415. The molecule has 0 radical (unpaired) electrons. The van der Waals surface area contributed by atoms with E-state index >= 15 is 0 Å². The zero-order valence-electron chi connectivity index (χ0n) is 19.5. The van der Waals surface area contributed by atoms with E-state index in [0.29, 0.717) is 12.6 Å². The first-order valence-electron chi connectivity index (χ1n) is 10.6. The van der Waals surface area contributed by atoms with Crippen LogP contribution in [-0.2, 0) is 10.3 Å². The molecule has 0 N–H and O–H groups in total. The second-order valence-corrected chi connectivity index (χ2v) is 8.19. The van der Waals surface area contributed by atoms with E-state index in [4.69, 9.17) is 9.47 Å². The van der Waals surface area contributed by atoms with Gasteiger partial charge in [0, 0.05) is 19.7 Å². The topological polar surface area (TPSA) is 34.1 Å². The second kappa shape index (κ2) is 10.4. The summed E-state index contributed by atoms with van der Waals surface area (Å²) in [5, 5.41) is 0. The van der Waals surface area contributed by atoms with Crippen LogP contribution >= 0.6 is 0 Å². The van der Waals surface area contributed by atoms with Crippen LogP contribution in [0.4, 0.5) is 5.69 Å². The summed E-state index contributed by atoms with van der Waals surface area (Å²) in [6.45, 7) is 17.0. The molecule has 0 aliphatic carbocycles. The highest BCUT2D eigenvalue weighted by atomic mass is 16.5. The number of hydrogen-bond donors (Lipinski definition) is 0. The molecule has 4 heteroatoms. The number of aryl methyl sites for hydroxylation is 2. The van der Waals surface area contributed by atoms with E-state index in [1.54, 1.807) is 0 Å². The molecule has 2 aromatic rings. The molecule has 4 nitrogen and oxygen atoms in total. The van der Waals surface area contributed by atoms with Crippen LogP contribution in [0.25, 0.3) is 0 Å². The Bertz CT molecular complexity index is 889. The molecule has 0 bridgehead atoms. The van der Waals surface area contributed by atoms with Gasteiger partial charge in [-0.25, -0.2) is 4.99 Å². The standard InChI is InChI=1S/C26H36N2O2/c1-9-14-26(7,29-10-2)22-12-11-13-23(17-22)30-25-16-20(5)24(15-21(25)6)27-18-28(8)19(3)4/h9,11-13,15-19H,1,10,14H2,2-8H3. The van der Waals surface area contributed by atoms with Crippen molar-refractivity contribution < 1.29 is 9.47 Å². The Morgan fingerprint density at radius 3 is 2.53 bits per heavy atom.